The maximum Gasteiger partial charge on any atom is 0.285 e. The summed E-state index contributed by atoms with van der Waals surface area (Å²) < 4.78 is 28.5. The fraction of sp³-hybridized carbons (Fsp3) is 0.353. The molecule has 0 aliphatic carbocycles. The first-order valence-electron chi connectivity index (χ1n) is 8.26. The summed E-state index contributed by atoms with van der Waals surface area (Å²) in [5.74, 6) is 1.38. The third-order valence-corrected chi connectivity index (χ3v) is 6.01. The fourth-order valence-electron chi connectivity index (χ4n) is 3.54. The fourth-order valence-corrected chi connectivity index (χ4v) is 4.79. The molecule has 2 aromatic rings. The van der Waals surface area contributed by atoms with E-state index in [1.807, 2.05) is 36.2 Å². The zero-order chi connectivity index (χ0) is 17.4. The van der Waals surface area contributed by atoms with Gasteiger partial charge < -0.3 is 9.80 Å². The lowest BCUT2D eigenvalue weighted by molar-refractivity contribution is 0.446. The zero-order valence-electron chi connectivity index (χ0n) is 13.9. The van der Waals surface area contributed by atoms with Crippen LogP contribution in [-0.4, -0.2) is 55.5 Å². The Morgan fingerprint density at radius 3 is 2.88 bits per heavy atom. The topological polar surface area (TPSA) is 78.8 Å². The van der Waals surface area contributed by atoms with Crippen molar-refractivity contribution in [2.24, 2.45) is 4.40 Å². The summed E-state index contributed by atoms with van der Waals surface area (Å²) in [6, 6.07) is 11.1. The molecule has 1 fully saturated rings. The maximum absolute atomic E-state index is 12.2. The average molecular weight is 357 g/mol. The Bertz CT molecular complexity index is 914. The minimum Gasteiger partial charge on any atom is -0.356 e. The highest BCUT2D eigenvalue weighted by Crippen LogP contribution is 2.29. The minimum absolute atomic E-state index is 0.250. The summed E-state index contributed by atoms with van der Waals surface area (Å²) in [5.41, 5.74) is 0.675. The van der Waals surface area contributed by atoms with Crippen LogP contribution in [0.25, 0.3) is 0 Å². The van der Waals surface area contributed by atoms with Gasteiger partial charge in [-0.05, 0) is 37.1 Å². The molecular weight excluding hydrogens is 338 g/mol. The van der Waals surface area contributed by atoms with Crippen LogP contribution in [0.4, 0.5) is 5.82 Å². The number of sulfonamides is 1. The lowest BCUT2D eigenvalue weighted by Gasteiger charge is -2.30. The Morgan fingerprint density at radius 2 is 2.08 bits per heavy atom. The molecule has 0 spiro atoms. The zero-order valence-corrected chi connectivity index (χ0v) is 14.7. The second-order valence-corrected chi connectivity index (χ2v) is 7.91. The molecule has 0 radical (unpaired) electrons. The predicted octanol–water partition coefficient (Wildman–Crippen LogP) is 1.53. The Hall–Kier alpha value is -2.48. The van der Waals surface area contributed by atoms with E-state index in [1.54, 1.807) is 18.3 Å². The standard InChI is InChI=1S/C17H19N5O2S/c1-21(17-14-7-2-3-8-15(14)25(23,24)20-17)12-13-6-5-11-22(13)16-9-4-10-18-19-16/h2-4,7-10,13H,5-6,11-12H2,1H3. The van der Waals surface area contributed by atoms with Crippen molar-refractivity contribution in [2.45, 2.75) is 23.8 Å². The van der Waals surface area contributed by atoms with Gasteiger partial charge in [0, 0.05) is 37.9 Å². The van der Waals surface area contributed by atoms with E-state index < -0.39 is 10.0 Å². The van der Waals surface area contributed by atoms with E-state index in [2.05, 4.69) is 19.5 Å². The molecule has 3 heterocycles. The van der Waals surface area contributed by atoms with Crippen LogP contribution in [0.15, 0.2) is 51.9 Å². The Balaban J connectivity index is 1.58. The molecule has 0 amide bonds. The van der Waals surface area contributed by atoms with E-state index in [9.17, 15) is 8.42 Å². The van der Waals surface area contributed by atoms with Crippen LogP contribution in [0.5, 0.6) is 0 Å². The quantitative estimate of drug-likeness (QED) is 0.829. The van der Waals surface area contributed by atoms with E-state index in [0.29, 0.717) is 17.9 Å². The predicted molar refractivity (Wildman–Crippen MR) is 95.2 cm³/mol. The first-order chi connectivity index (χ1) is 12.1. The van der Waals surface area contributed by atoms with Gasteiger partial charge in [-0.15, -0.1) is 9.50 Å². The molecule has 2 aliphatic rings. The van der Waals surface area contributed by atoms with E-state index in [-0.39, 0.29) is 10.9 Å². The molecule has 1 saturated heterocycles. The average Bonchev–Trinajstić information content (AvgIpc) is 3.18. The smallest absolute Gasteiger partial charge is 0.285 e. The number of hydrogen-bond acceptors (Lipinski definition) is 6. The first-order valence-corrected chi connectivity index (χ1v) is 9.70. The largest absolute Gasteiger partial charge is 0.356 e. The Morgan fingerprint density at radius 1 is 1.24 bits per heavy atom. The maximum atomic E-state index is 12.2. The highest BCUT2D eigenvalue weighted by Gasteiger charge is 2.33. The number of nitrogens with zero attached hydrogens (tertiary/aromatic N) is 5. The van der Waals surface area contributed by atoms with Crippen LogP contribution in [-0.2, 0) is 10.0 Å². The molecule has 1 aromatic heterocycles. The Kier molecular flexibility index (Phi) is 3.91. The molecule has 0 N–H and O–H groups in total. The van der Waals surface area contributed by atoms with Crippen LogP contribution in [0.2, 0.25) is 0 Å². The molecule has 4 rings (SSSR count). The van der Waals surface area contributed by atoms with Crippen molar-refractivity contribution in [3.63, 3.8) is 0 Å². The van der Waals surface area contributed by atoms with E-state index in [0.717, 1.165) is 25.2 Å². The van der Waals surface area contributed by atoms with Crippen molar-refractivity contribution in [3.05, 3.63) is 48.2 Å². The van der Waals surface area contributed by atoms with Crippen LogP contribution in [0.1, 0.15) is 18.4 Å². The summed E-state index contributed by atoms with van der Waals surface area (Å²) in [6.45, 7) is 1.61. The van der Waals surface area contributed by atoms with Gasteiger partial charge in [0.25, 0.3) is 10.0 Å². The van der Waals surface area contributed by atoms with Crippen molar-refractivity contribution in [1.29, 1.82) is 0 Å². The summed E-state index contributed by atoms with van der Waals surface area (Å²) in [6.07, 6.45) is 3.77. The minimum atomic E-state index is -3.59. The van der Waals surface area contributed by atoms with Gasteiger partial charge in [0.05, 0.1) is 0 Å². The summed E-state index contributed by atoms with van der Waals surface area (Å²) >= 11 is 0. The molecule has 25 heavy (non-hydrogen) atoms. The normalized spacial score (nSPS) is 21.1. The highest BCUT2D eigenvalue weighted by atomic mass is 32.2. The van der Waals surface area contributed by atoms with Gasteiger partial charge in [-0.3, -0.25) is 0 Å². The second kappa shape index (κ2) is 6.11. The van der Waals surface area contributed by atoms with Crippen LogP contribution < -0.4 is 4.90 Å². The van der Waals surface area contributed by atoms with Gasteiger partial charge in [-0.1, -0.05) is 12.1 Å². The van der Waals surface area contributed by atoms with Gasteiger partial charge in [0.2, 0.25) is 0 Å². The van der Waals surface area contributed by atoms with Gasteiger partial charge in [0.15, 0.2) is 11.7 Å². The molecule has 8 heteroatoms. The molecule has 0 bridgehead atoms. The third-order valence-electron chi connectivity index (χ3n) is 4.69. The highest BCUT2D eigenvalue weighted by molar-refractivity contribution is 7.90. The number of rotatable bonds is 3. The number of likely N-dealkylation sites (N-methyl/N-ethyl adjacent to an activating group) is 1. The van der Waals surface area contributed by atoms with E-state index in [4.69, 9.17) is 0 Å². The second-order valence-electron chi connectivity index (χ2n) is 6.34. The number of anilines is 1. The SMILES string of the molecule is CN(CC1CCCN1c1cccnn1)C1=NS(=O)(=O)c2ccccc21. The van der Waals surface area contributed by atoms with Gasteiger partial charge >= 0.3 is 0 Å². The lowest BCUT2D eigenvalue weighted by Crippen LogP contribution is -2.41. The van der Waals surface area contributed by atoms with Crippen molar-refractivity contribution in [2.75, 3.05) is 25.0 Å². The van der Waals surface area contributed by atoms with Gasteiger partial charge in [-0.2, -0.15) is 13.5 Å². The number of amidine groups is 1. The molecule has 1 aromatic carbocycles. The number of benzene rings is 1. The number of aromatic nitrogens is 2. The van der Waals surface area contributed by atoms with Crippen molar-refractivity contribution < 1.29 is 8.42 Å². The molecule has 0 saturated carbocycles. The number of hydrogen-bond donors (Lipinski definition) is 0. The van der Waals surface area contributed by atoms with Crippen LogP contribution in [0, 0.1) is 0 Å². The molecule has 1 unspecified atom stereocenters. The monoisotopic (exact) mass is 357 g/mol. The molecular formula is C17H19N5O2S. The number of fused-ring (bicyclic) bond motifs is 1. The van der Waals surface area contributed by atoms with Gasteiger partial charge in [0.1, 0.15) is 4.90 Å². The van der Waals surface area contributed by atoms with Gasteiger partial charge in [-0.25, -0.2) is 0 Å². The van der Waals surface area contributed by atoms with E-state index >= 15 is 0 Å². The lowest BCUT2D eigenvalue weighted by atomic mass is 10.1. The van der Waals surface area contributed by atoms with Crippen molar-refractivity contribution in [3.8, 4) is 0 Å². The van der Waals surface area contributed by atoms with Crippen molar-refractivity contribution >= 4 is 21.7 Å². The third kappa shape index (κ3) is 2.86. The molecule has 2 aliphatic heterocycles. The first kappa shape index (κ1) is 16.0. The van der Waals surface area contributed by atoms with Crippen molar-refractivity contribution in [1.82, 2.24) is 15.1 Å². The molecule has 1 atom stereocenters. The summed E-state index contributed by atoms with van der Waals surface area (Å²) in [4.78, 5) is 4.45. The Labute approximate surface area is 147 Å². The van der Waals surface area contributed by atoms with E-state index in [1.165, 1.54) is 0 Å². The van der Waals surface area contributed by atoms with Crippen LogP contribution in [0.3, 0.4) is 0 Å². The summed E-state index contributed by atoms with van der Waals surface area (Å²) in [5, 5.41) is 8.17. The summed E-state index contributed by atoms with van der Waals surface area (Å²) in [7, 11) is -1.70. The van der Waals surface area contributed by atoms with Crippen LogP contribution >= 0.6 is 0 Å². The molecule has 7 nitrogen and oxygen atoms in total. The molecule has 130 valence electrons.